The van der Waals surface area contributed by atoms with Crippen molar-refractivity contribution < 1.29 is 9.53 Å². The van der Waals surface area contributed by atoms with Gasteiger partial charge in [0.1, 0.15) is 6.61 Å². The maximum Gasteiger partial charge on any atom is 0.250 e. The highest BCUT2D eigenvalue weighted by Crippen LogP contribution is 2.13. The number of carbonyl (C=O) groups is 1. The van der Waals surface area contributed by atoms with Crippen LogP contribution in [0.1, 0.15) is 110 Å². The number of benzene rings is 1. The van der Waals surface area contributed by atoms with Crippen molar-refractivity contribution in [2.24, 2.45) is 0 Å². The van der Waals surface area contributed by atoms with Crippen molar-refractivity contribution in [3.05, 3.63) is 30.3 Å². The SMILES string of the molecule is CCCCCCCCCCCCCCCCCCOCC(=O)Nc1ccccc1. The summed E-state index contributed by atoms with van der Waals surface area (Å²) in [5.41, 5.74) is 0.823. The molecule has 1 amide bonds. The van der Waals surface area contributed by atoms with E-state index in [4.69, 9.17) is 4.74 Å². The lowest BCUT2D eigenvalue weighted by Crippen LogP contribution is -2.18. The first-order chi connectivity index (χ1) is 14.3. The van der Waals surface area contributed by atoms with Crippen LogP contribution in [0.5, 0.6) is 0 Å². The highest BCUT2D eigenvalue weighted by molar-refractivity contribution is 5.91. The predicted octanol–water partition coefficient (Wildman–Crippen LogP) is 7.90. The van der Waals surface area contributed by atoms with E-state index in [-0.39, 0.29) is 12.5 Å². The second-order valence-electron chi connectivity index (χ2n) is 8.27. The van der Waals surface area contributed by atoms with Crippen LogP contribution in [0.4, 0.5) is 5.69 Å². The number of nitrogens with one attached hydrogen (secondary N) is 1. The van der Waals surface area contributed by atoms with Crippen molar-refractivity contribution in [2.45, 2.75) is 110 Å². The van der Waals surface area contributed by atoms with E-state index in [1.165, 1.54) is 96.3 Å². The predicted molar refractivity (Wildman–Crippen MR) is 125 cm³/mol. The molecule has 0 aliphatic heterocycles. The van der Waals surface area contributed by atoms with Gasteiger partial charge in [-0.1, -0.05) is 121 Å². The third-order valence-corrected chi connectivity index (χ3v) is 5.43. The first-order valence-electron chi connectivity index (χ1n) is 12.3. The molecule has 3 nitrogen and oxygen atoms in total. The fourth-order valence-electron chi connectivity index (χ4n) is 3.64. The minimum absolute atomic E-state index is 0.0762. The zero-order valence-corrected chi connectivity index (χ0v) is 18.9. The van der Waals surface area contributed by atoms with Gasteiger partial charge in [-0.2, -0.15) is 0 Å². The van der Waals surface area contributed by atoms with Gasteiger partial charge in [0.05, 0.1) is 0 Å². The van der Waals surface area contributed by atoms with E-state index in [0.29, 0.717) is 6.61 Å². The van der Waals surface area contributed by atoms with Crippen LogP contribution in [0.25, 0.3) is 0 Å². The van der Waals surface area contributed by atoms with Crippen LogP contribution in [-0.4, -0.2) is 19.1 Å². The van der Waals surface area contributed by atoms with E-state index in [1.807, 2.05) is 30.3 Å². The van der Waals surface area contributed by atoms with Crippen LogP contribution >= 0.6 is 0 Å². The molecular formula is C26H45NO2. The Bertz CT molecular complexity index is 475. The number of para-hydroxylation sites is 1. The molecule has 0 heterocycles. The highest BCUT2D eigenvalue weighted by Gasteiger charge is 2.01. The fourth-order valence-corrected chi connectivity index (χ4v) is 3.64. The van der Waals surface area contributed by atoms with E-state index in [2.05, 4.69) is 12.2 Å². The van der Waals surface area contributed by atoms with Gasteiger partial charge >= 0.3 is 0 Å². The van der Waals surface area contributed by atoms with Gasteiger partial charge < -0.3 is 10.1 Å². The van der Waals surface area contributed by atoms with E-state index in [0.717, 1.165) is 12.1 Å². The second-order valence-corrected chi connectivity index (χ2v) is 8.27. The lowest BCUT2D eigenvalue weighted by atomic mass is 10.0. The summed E-state index contributed by atoms with van der Waals surface area (Å²) in [5, 5.41) is 2.83. The zero-order chi connectivity index (χ0) is 20.8. The Morgan fingerprint density at radius 3 is 1.62 bits per heavy atom. The molecule has 0 saturated carbocycles. The molecule has 1 rings (SSSR count). The minimum Gasteiger partial charge on any atom is -0.372 e. The Kier molecular flexibility index (Phi) is 17.7. The standard InChI is InChI=1S/C26H45NO2/c1-2-3-4-5-6-7-8-9-10-11-12-13-14-15-16-20-23-29-24-26(28)27-25-21-18-17-19-22-25/h17-19,21-22H,2-16,20,23-24H2,1H3,(H,27,28). The Morgan fingerprint density at radius 2 is 1.14 bits per heavy atom. The van der Waals surface area contributed by atoms with Crippen LogP contribution < -0.4 is 5.32 Å². The third kappa shape index (κ3) is 17.2. The van der Waals surface area contributed by atoms with Gasteiger partial charge in [-0.05, 0) is 18.6 Å². The molecule has 0 fully saturated rings. The van der Waals surface area contributed by atoms with Gasteiger partial charge in [0, 0.05) is 12.3 Å². The topological polar surface area (TPSA) is 38.3 Å². The van der Waals surface area contributed by atoms with Crippen molar-refractivity contribution in [1.29, 1.82) is 0 Å². The summed E-state index contributed by atoms with van der Waals surface area (Å²) >= 11 is 0. The highest BCUT2D eigenvalue weighted by atomic mass is 16.5. The lowest BCUT2D eigenvalue weighted by Gasteiger charge is -2.06. The molecule has 0 bridgehead atoms. The van der Waals surface area contributed by atoms with E-state index in [1.54, 1.807) is 0 Å². The Labute approximate surface area is 180 Å². The number of carbonyl (C=O) groups excluding carboxylic acids is 1. The first-order valence-corrected chi connectivity index (χ1v) is 12.3. The van der Waals surface area contributed by atoms with E-state index in [9.17, 15) is 4.79 Å². The van der Waals surface area contributed by atoms with Crippen LogP contribution in [-0.2, 0) is 9.53 Å². The van der Waals surface area contributed by atoms with E-state index >= 15 is 0 Å². The van der Waals surface area contributed by atoms with Crippen molar-refractivity contribution in [3.63, 3.8) is 0 Å². The monoisotopic (exact) mass is 403 g/mol. The molecule has 0 aliphatic rings. The molecule has 1 aromatic carbocycles. The normalized spacial score (nSPS) is 10.9. The molecule has 0 spiro atoms. The fraction of sp³-hybridized carbons (Fsp3) is 0.731. The number of anilines is 1. The zero-order valence-electron chi connectivity index (χ0n) is 18.9. The number of amides is 1. The molecule has 3 heteroatoms. The Balaban J connectivity index is 1.73. The molecule has 1 N–H and O–H groups in total. The molecule has 0 atom stereocenters. The third-order valence-electron chi connectivity index (χ3n) is 5.43. The smallest absolute Gasteiger partial charge is 0.250 e. The van der Waals surface area contributed by atoms with Gasteiger partial charge in [0.2, 0.25) is 5.91 Å². The number of hydrogen-bond donors (Lipinski definition) is 1. The molecular weight excluding hydrogens is 358 g/mol. The van der Waals surface area contributed by atoms with Crippen molar-refractivity contribution in [3.8, 4) is 0 Å². The summed E-state index contributed by atoms with van der Waals surface area (Å²) in [5.74, 6) is -0.0762. The first kappa shape index (κ1) is 25.7. The summed E-state index contributed by atoms with van der Waals surface area (Å²) in [4.78, 5) is 11.7. The molecule has 0 saturated heterocycles. The van der Waals surface area contributed by atoms with Gasteiger partial charge in [-0.15, -0.1) is 0 Å². The maximum absolute atomic E-state index is 11.7. The van der Waals surface area contributed by atoms with Gasteiger partial charge in [-0.25, -0.2) is 0 Å². The second kappa shape index (κ2) is 19.9. The van der Waals surface area contributed by atoms with Crippen molar-refractivity contribution >= 4 is 11.6 Å². The summed E-state index contributed by atoms with van der Waals surface area (Å²) in [6.45, 7) is 3.11. The lowest BCUT2D eigenvalue weighted by molar-refractivity contribution is -0.120. The van der Waals surface area contributed by atoms with Gasteiger partial charge in [0.25, 0.3) is 0 Å². The maximum atomic E-state index is 11.7. The van der Waals surface area contributed by atoms with Crippen LogP contribution in [0.2, 0.25) is 0 Å². The largest absolute Gasteiger partial charge is 0.372 e. The average molecular weight is 404 g/mol. The quantitative estimate of drug-likeness (QED) is 0.225. The number of rotatable bonds is 20. The van der Waals surface area contributed by atoms with Gasteiger partial charge in [0.15, 0.2) is 0 Å². The van der Waals surface area contributed by atoms with Crippen LogP contribution in [0.3, 0.4) is 0 Å². The molecule has 166 valence electrons. The molecule has 0 unspecified atom stereocenters. The average Bonchev–Trinajstić information content (AvgIpc) is 2.73. The minimum atomic E-state index is -0.0762. The molecule has 0 aromatic heterocycles. The summed E-state index contributed by atoms with van der Waals surface area (Å²) < 4.78 is 5.47. The number of hydrogen-bond acceptors (Lipinski definition) is 2. The Morgan fingerprint density at radius 1 is 0.690 bits per heavy atom. The number of unbranched alkanes of at least 4 members (excludes halogenated alkanes) is 15. The van der Waals surface area contributed by atoms with Crippen molar-refractivity contribution in [2.75, 3.05) is 18.5 Å². The molecule has 29 heavy (non-hydrogen) atoms. The van der Waals surface area contributed by atoms with Crippen molar-refractivity contribution in [1.82, 2.24) is 0 Å². The van der Waals surface area contributed by atoms with Crippen LogP contribution in [0.15, 0.2) is 30.3 Å². The van der Waals surface area contributed by atoms with Gasteiger partial charge in [-0.3, -0.25) is 4.79 Å². The Hall–Kier alpha value is -1.35. The molecule has 0 radical (unpaired) electrons. The molecule has 1 aromatic rings. The molecule has 0 aliphatic carbocycles. The summed E-state index contributed by atoms with van der Waals surface area (Å²) in [6.07, 6.45) is 21.9. The summed E-state index contributed by atoms with van der Waals surface area (Å²) in [7, 11) is 0. The van der Waals surface area contributed by atoms with E-state index < -0.39 is 0 Å². The van der Waals surface area contributed by atoms with Crippen LogP contribution in [0, 0.1) is 0 Å². The summed E-state index contributed by atoms with van der Waals surface area (Å²) in [6, 6.07) is 9.52. The number of ether oxygens (including phenoxy) is 1.